The van der Waals surface area contributed by atoms with Crippen molar-refractivity contribution < 1.29 is 22.0 Å². The molecule has 2 aromatic rings. The predicted octanol–water partition coefficient (Wildman–Crippen LogP) is 2.95. The molecule has 2 aliphatic rings. The van der Waals surface area contributed by atoms with Gasteiger partial charge in [0.25, 0.3) is 0 Å². The number of carbonyl (C=O) groups is 1. The smallest absolute Gasteiger partial charge is 0.226 e. The van der Waals surface area contributed by atoms with Crippen LogP contribution in [0.4, 0.5) is 8.78 Å². The maximum absolute atomic E-state index is 14.2. The highest BCUT2D eigenvalue weighted by molar-refractivity contribution is 7.88. The molecule has 5 nitrogen and oxygen atoms in total. The van der Waals surface area contributed by atoms with Gasteiger partial charge in [-0.3, -0.25) is 4.79 Å². The van der Waals surface area contributed by atoms with Gasteiger partial charge in [-0.2, -0.15) is 0 Å². The standard InChI is InChI=1S/C19H20F2N2O3S2/c1-28(25,26)22-11-5-7-23(10-11)19(24)14-9-13(14)18-12(6-8-27-18)17-15(20)3-2-4-16(17)21/h2-4,6,8,11,13-14,22H,5,7,9-10H2,1H3. The summed E-state index contributed by atoms with van der Waals surface area (Å²) < 4.78 is 53.7. The third-order valence-corrected chi connectivity index (χ3v) is 7.06. The average Bonchev–Trinajstić information content (AvgIpc) is 3.02. The Labute approximate surface area is 166 Å². The number of likely N-dealkylation sites (tertiary alicyclic amines) is 1. The molecular weight excluding hydrogens is 406 g/mol. The van der Waals surface area contributed by atoms with E-state index in [0.29, 0.717) is 31.5 Å². The molecule has 1 aromatic heterocycles. The molecule has 150 valence electrons. The molecule has 1 aliphatic heterocycles. The van der Waals surface area contributed by atoms with E-state index in [1.165, 1.54) is 29.5 Å². The van der Waals surface area contributed by atoms with Crippen molar-refractivity contribution in [3.8, 4) is 11.1 Å². The summed E-state index contributed by atoms with van der Waals surface area (Å²) in [5.74, 6) is -1.52. The van der Waals surface area contributed by atoms with Gasteiger partial charge in [-0.1, -0.05) is 6.07 Å². The van der Waals surface area contributed by atoms with E-state index in [4.69, 9.17) is 0 Å². The van der Waals surface area contributed by atoms with Gasteiger partial charge in [-0.25, -0.2) is 21.9 Å². The molecular formula is C19H20F2N2O3S2. The van der Waals surface area contributed by atoms with Crippen LogP contribution in [0.2, 0.25) is 0 Å². The van der Waals surface area contributed by atoms with Crippen molar-refractivity contribution in [2.75, 3.05) is 19.3 Å². The fourth-order valence-electron chi connectivity index (χ4n) is 3.92. The third-order valence-electron chi connectivity index (χ3n) is 5.25. The lowest BCUT2D eigenvalue weighted by atomic mass is 10.0. The Morgan fingerprint density at radius 1 is 1.25 bits per heavy atom. The van der Waals surface area contributed by atoms with Crippen molar-refractivity contribution in [2.24, 2.45) is 5.92 Å². The Hall–Kier alpha value is -1.84. The first kappa shape index (κ1) is 19.5. The number of benzene rings is 1. The zero-order valence-corrected chi connectivity index (χ0v) is 16.8. The van der Waals surface area contributed by atoms with Crippen LogP contribution in [-0.4, -0.2) is 44.6 Å². The molecule has 4 rings (SSSR count). The number of hydrogen-bond acceptors (Lipinski definition) is 4. The van der Waals surface area contributed by atoms with Gasteiger partial charge in [0.2, 0.25) is 15.9 Å². The molecule has 0 radical (unpaired) electrons. The molecule has 0 spiro atoms. The van der Waals surface area contributed by atoms with Gasteiger partial charge < -0.3 is 4.90 Å². The minimum absolute atomic E-state index is 0.0174. The van der Waals surface area contributed by atoms with Crippen LogP contribution in [-0.2, 0) is 14.8 Å². The summed E-state index contributed by atoms with van der Waals surface area (Å²) in [5, 5.41) is 1.79. The molecule has 28 heavy (non-hydrogen) atoms. The number of sulfonamides is 1. The highest BCUT2D eigenvalue weighted by Gasteiger charge is 2.48. The van der Waals surface area contributed by atoms with Crippen molar-refractivity contribution >= 4 is 27.3 Å². The van der Waals surface area contributed by atoms with E-state index < -0.39 is 21.7 Å². The van der Waals surface area contributed by atoms with Crippen LogP contribution in [0.1, 0.15) is 23.6 Å². The minimum atomic E-state index is -3.31. The molecule has 3 unspecified atom stereocenters. The van der Waals surface area contributed by atoms with E-state index in [1.807, 2.05) is 0 Å². The molecule has 1 saturated carbocycles. The largest absolute Gasteiger partial charge is 0.341 e. The Morgan fingerprint density at radius 2 is 1.96 bits per heavy atom. The Kier molecular flexibility index (Phi) is 5.01. The second-order valence-electron chi connectivity index (χ2n) is 7.40. The van der Waals surface area contributed by atoms with Crippen molar-refractivity contribution in [2.45, 2.75) is 24.8 Å². The molecule has 0 bridgehead atoms. The second-order valence-corrected chi connectivity index (χ2v) is 10.1. The highest BCUT2D eigenvalue weighted by atomic mass is 32.2. The maximum atomic E-state index is 14.2. The highest BCUT2D eigenvalue weighted by Crippen LogP contribution is 2.53. The monoisotopic (exact) mass is 426 g/mol. The van der Waals surface area contributed by atoms with Gasteiger partial charge in [0, 0.05) is 41.4 Å². The lowest BCUT2D eigenvalue weighted by Gasteiger charge is -2.17. The number of carbonyl (C=O) groups excluding carboxylic acids is 1. The van der Waals surface area contributed by atoms with Gasteiger partial charge in [0.15, 0.2) is 0 Å². The molecule has 1 aliphatic carbocycles. The van der Waals surface area contributed by atoms with Crippen molar-refractivity contribution in [1.82, 2.24) is 9.62 Å². The van der Waals surface area contributed by atoms with Crippen LogP contribution < -0.4 is 4.72 Å². The zero-order valence-electron chi connectivity index (χ0n) is 15.2. The van der Waals surface area contributed by atoms with Gasteiger partial charge in [-0.15, -0.1) is 11.3 Å². The summed E-state index contributed by atoms with van der Waals surface area (Å²) in [7, 11) is -3.31. The topological polar surface area (TPSA) is 66.5 Å². The van der Waals surface area contributed by atoms with E-state index in [1.54, 1.807) is 16.3 Å². The van der Waals surface area contributed by atoms with Gasteiger partial charge in [0.05, 0.1) is 11.8 Å². The van der Waals surface area contributed by atoms with Crippen LogP contribution in [0.25, 0.3) is 11.1 Å². The molecule has 9 heteroatoms. The minimum Gasteiger partial charge on any atom is -0.341 e. The maximum Gasteiger partial charge on any atom is 0.226 e. The lowest BCUT2D eigenvalue weighted by Crippen LogP contribution is -2.38. The van der Waals surface area contributed by atoms with Crippen LogP contribution in [0, 0.1) is 17.6 Å². The zero-order chi connectivity index (χ0) is 20.1. The number of nitrogens with zero attached hydrogens (tertiary/aromatic N) is 1. The first-order valence-electron chi connectivity index (χ1n) is 9.02. The van der Waals surface area contributed by atoms with E-state index >= 15 is 0 Å². The number of hydrogen-bond donors (Lipinski definition) is 1. The van der Waals surface area contributed by atoms with Crippen LogP contribution in [0.3, 0.4) is 0 Å². The van der Waals surface area contributed by atoms with Crippen LogP contribution in [0.15, 0.2) is 29.6 Å². The lowest BCUT2D eigenvalue weighted by molar-refractivity contribution is -0.131. The number of rotatable bonds is 5. The van der Waals surface area contributed by atoms with Crippen LogP contribution in [0.5, 0.6) is 0 Å². The van der Waals surface area contributed by atoms with Gasteiger partial charge >= 0.3 is 0 Å². The van der Waals surface area contributed by atoms with Gasteiger partial charge in [-0.05, 0) is 36.4 Å². The fraction of sp³-hybridized carbons (Fsp3) is 0.421. The number of nitrogens with one attached hydrogen (secondary N) is 1. The Bertz CT molecular complexity index is 1000. The molecule has 1 N–H and O–H groups in total. The summed E-state index contributed by atoms with van der Waals surface area (Å²) in [6, 6.07) is 5.23. The first-order chi connectivity index (χ1) is 13.2. The first-order valence-corrected chi connectivity index (χ1v) is 11.8. The van der Waals surface area contributed by atoms with Crippen molar-refractivity contribution in [1.29, 1.82) is 0 Å². The van der Waals surface area contributed by atoms with E-state index in [-0.39, 0.29) is 29.3 Å². The molecule has 1 aromatic carbocycles. The average molecular weight is 427 g/mol. The molecule has 2 fully saturated rings. The number of amides is 1. The molecule has 3 atom stereocenters. The summed E-state index contributed by atoms with van der Waals surface area (Å²) in [4.78, 5) is 15.3. The fourth-order valence-corrected chi connectivity index (χ4v) is 5.80. The van der Waals surface area contributed by atoms with Crippen LogP contribution >= 0.6 is 11.3 Å². The van der Waals surface area contributed by atoms with Crippen molar-refractivity contribution in [3.63, 3.8) is 0 Å². The number of thiophene rings is 1. The summed E-state index contributed by atoms with van der Waals surface area (Å²) in [6.07, 6.45) is 2.33. The second kappa shape index (κ2) is 7.20. The van der Waals surface area contributed by atoms with Gasteiger partial charge in [0.1, 0.15) is 11.6 Å². The number of halogens is 2. The normalized spacial score (nSPS) is 24.5. The van der Waals surface area contributed by atoms with Crippen molar-refractivity contribution in [3.05, 3.63) is 46.2 Å². The molecule has 1 saturated heterocycles. The van der Waals surface area contributed by atoms with E-state index in [9.17, 15) is 22.0 Å². The van der Waals surface area contributed by atoms with E-state index in [2.05, 4.69) is 4.72 Å². The Balaban J connectivity index is 1.47. The third kappa shape index (κ3) is 3.83. The summed E-state index contributed by atoms with van der Waals surface area (Å²) >= 11 is 1.41. The summed E-state index contributed by atoms with van der Waals surface area (Å²) in [6.45, 7) is 0.864. The van der Waals surface area contributed by atoms with E-state index in [0.717, 1.165) is 11.1 Å². The predicted molar refractivity (Wildman–Crippen MR) is 103 cm³/mol. The molecule has 1 amide bonds. The quantitative estimate of drug-likeness (QED) is 0.800. The molecule has 2 heterocycles. The SMILES string of the molecule is CS(=O)(=O)NC1CCN(C(=O)C2CC2c2sccc2-c2c(F)cccc2F)C1. The summed E-state index contributed by atoms with van der Waals surface area (Å²) in [5.41, 5.74) is 0.467. The Morgan fingerprint density at radius 3 is 2.64 bits per heavy atom.